The smallest absolute Gasteiger partial charge is 0.367 e. The number of nitrogens with one attached hydrogen (secondary N) is 2. The van der Waals surface area contributed by atoms with E-state index in [9.17, 15) is 13.2 Å². The highest BCUT2D eigenvalue weighted by atomic mass is 127. The van der Waals surface area contributed by atoms with Gasteiger partial charge in [-0.2, -0.15) is 13.2 Å². The van der Waals surface area contributed by atoms with Crippen LogP contribution in [0.3, 0.4) is 0 Å². The van der Waals surface area contributed by atoms with E-state index in [0.29, 0.717) is 18.1 Å². The maximum absolute atomic E-state index is 12.2. The molecule has 0 saturated carbocycles. The zero-order valence-corrected chi connectivity index (χ0v) is 19.8. The lowest BCUT2D eigenvalue weighted by Gasteiger charge is -2.17. The fourth-order valence-electron chi connectivity index (χ4n) is 2.68. The molecular weight excluding hydrogens is 514 g/mol. The third-order valence-corrected chi connectivity index (χ3v) is 4.92. The molecule has 29 heavy (non-hydrogen) atoms. The van der Waals surface area contributed by atoms with Gasteiger partial charge in [0.25, 0.3) is 0 Å². The molecule has 0 aliphatic rings. The van der Waals surface area contributed by atoms with Crippen molar-refractivity contribution in [3.8, 4) is 0 Å². The molecule has 0 bridgehead atoms. The molecule has 1 aromatic carbocycles. The third kappa shape index (κ3) is 10.3. The molecule has 9 heteroatoms. The van der Waals surface area contributed by atoms with Gasteiger partial charge < -0.3 is 15.4 Å². The molecule has 1 heterocycles. The average molecular weight is 541 g/mol. The summed E-state index contributed by atoms with van der Waals surface area (Å²) in [6, 6.07) is 11.8. The number of thiophene rings is 1. The molecule has 1 unspecified atom stereocenters. The van der Waals surface area contributed by atoms with Crippen molar-refractivity contribution >= 4 is 41.3 Å². The number of hydrogen-bond acceptors (Lipinski definition) is 3. The van der Waals surface area contributed by atoms with Crippen LogP contribution >= 0.6 is 35.3 Å². The fraction of sp³-hybridized carbons (Fsp3) is 0.450. The van der Waals surface area contributed by atoms with E-state index >= 15 is 0 Å². The molecule has 0 saturated heterocycles. The Balaban J connectivity index is 0.00000420. The largest absolute Gasteiger partial charge is 0.411 e. The number of alkyl halides is 3. The van der Waals surface area contributed by atoms with Crippen LogP contribution in [-0.4, -0.2) is 31.8 Å². The van der Waals surface area contributed by atoms with E-state index < -0.39 is 12.8 Å². The zero-order chi connectivity index (χ0) is 20.6. The molecule has 162 valence electrons. The molecule has 0 radical (unpaired) electrons. The molecule has 0 aliphatic carbocycles. The van der Waals surface area contributed by atoms with Crippen LogP contribution in [0.1, 0.15) is 27.8 Å². The van der Waals surface area contributed by atoms with Crippen molar-refractivity contribution in [2.45, 2.75) is 45.6 Å². The van der Waals surface area contributed by atoms with E-state index in [1.807, 2.05) is 12.1 Å². The van der Waals surface area contributed by atoms with Crippen LogP contribution in [0, 0.1) is 6.92 Å². The number of ether oxygens (including phenoxy) is 1. The molecule has 2 aromatic rings. The second kappa shape index (κ2) is 12.4. The quantitative estimate of drug-likeness (QED) is 0.280. The van der Waals surface area contributed by atoms with Crippen molar-refractivity contribution in [3.63, 3.8) is 0 Å². The first-order valence-corrected chi connectivity index (χ1v) is 9.81. The van der Waals surface area contributed by atoms with E-state index in [0.717, 1.165) is 12.0 Å². The van der Waals surface area contributed by atoms with Crippen molar-refractivity contribution in [2.75, 3.05) is 13.7 Å². The first-order valence-electron chi connectivity index (χ1n) is 9.00. The molecule has 0 aliphatic heterocycles. The van der Waals surface area contributed by atoms with Gasteiger partial charge >= 0.3 is 6.18 Å². The summed E-state index contributed by atoms with van der Waals surface area (Å²) in [4.78, 5) is 6.85. The first-order chi connectivity index (χ1) is 13.2. The molecule has 1 aromatic heterocycles. The Morgan fingerprint density at radius 3 is 2.55 bits per heavy atom. The predicted octanol–water partition coefficient (Wildman–Crippen LogP) is 5.05. The van der Waals surface area contributed by atoms with Crippen molar-refractivity contribution in [1.29, 1.82) is 0 Å². The maximum atomic E-state index is 12.2. The number of rotatable bonds is 8. The number of nitrogens with zero attached hydrogens (tertiary/aromatic N) is 1. The summed E-state index contributed by atoms with van der Waals surface area (Å²) in [6.07, 6.45) is -3.40. The summed E-state index contributed by atoms with van der Waals surface area (Å²) < 4.78 is 41.2. The van der Waals surface area contributed by atoms with Gasteiger partial charge in [-0.1, -0.05) is 24.3 Å². The molecule has 4 nitrogen and oxygen atoms in total. The van der Waals surface area contributed by atoms with Gasteiger partial charge in [0, 0.05) is 35.8 Å². The predicted molar refractivity (Wildman–Crippen MR) is 123 cm³/mol. The molecule has 0 spiro atoms. The van der Waals surface area contributed by atoms with E-state index in [2.05, 4.69) is 41.6 Å². The minimum atomic E-state index is -4.31. The van der Waals surface area contributed by atoms with E-state index in [4.69, 9.17) is 4.74 Å². The second-order valence-electron chi connectivity index (χ2n) is 6.62. The summed E-state index contributed by atoms with van der Waals surface area (Å²) in [5.74, 6) is 0.680. The lowest BCUT2D eigenvalue weighted by atomic mass is 10.1. The van der Waals surface area contributed by atoms with E-state index in [1.165, 1.54) is 9.75 Å². The Morgan fingerprint density at radius 1 is 1.21 bits per heavy atom. The summed E-state index contributed by atoms with van der Waals surface area (Å²) in [5.41, 5.74) is 1.64. The van der Waals surface area contributed by atoms with Gasteiger partial charge in [0.2, 0.25) is 0 Å². The van der Waals surface area contributed by atoms with E-state index in [-0.39, 0.29) is 36.6 Å². The maximum Gasteiger partial charge on any atom is 0.411 e. The topological polar surface area (TPSA) is 45.7 Å². The monoisotopic (exact) mass is 541 g/mol. The lowest BCUT2D eigenvalue weighted by molar-refractivity contribution is -0.176. The fourth-order valence-corrected chi connectivity index (χ4v) is 3.69. The second-order valence-corrected chi connectivity index (χ2v) is 7.99. The van der Waals surface area contributed by atoms with Crippen LogP contribution in [-0.2, 0) is 24.3 Å². The van der Waals surface area contributed by atoms with Crippen LogP contribution in [0.2, 0.25) is 0 Å². The number of hydrogen-bond donors (Lipinski definition) is 2. The van der Waals surface area contributed by atoms with Gasteiger partial charge in [-0.3, -0.25) is 4.99 Å². The van der Waals surface area contributed by atoms with Crippen LogP contribution in [0.5, 0.6) is 0 Å². The van der Waals surface area contributed by atoms with Crippen LogP contribution in [0.15, 0.2) is 41.4 Å². The van der Waals surface area contributed by atoms with Crippen molar-refractivity contribution in [1.82, 2.24) is 10.6 Å². The number of benzene rings is 1. The average Bonchev–Trinajstić information content (AvgIpc) is 3.02. The highest BCUT2D eigenvalue weighted by Gasteiger charge is 2.27. The Labute approximate surface area is 191 Å². The molecule has 1 atom stereocenters. The molecular formula is C20H27F3IN3OS. The van der Waals surface area contributed by atoms with Gasteiger partial charge in [0.05, 0.1) is 6.61 Å². The summed E-state index contributed by atoms with van der Waals surface area (Å²) in [7, 11) is 1.71. The number of halogens is 4. The van der Waals surface area contributed by atoms with Crippen molar-refractivity contribution < 1.29 is 17.9 Å². The zero-order valence-electron chi connectivity index (χ0n) is 16.7. The van der Waals surface area contributed by atoms with Crippen molar-refractivity contribution in [2.24, 2.45) is 4.99 Å². The minimum Gasteiger partial charge on any atom is -0.367 e. The van der Waals surface area contributed by atoms with Gasteiger partial charge in [-0.15, -0.1) is 35.3 Å². The lowest BCUT2D eigenvalue weighted by Crippen LogP contribution is -2.42. The molecule has 2 N–H and O–H groups in total. The number of guanidine groups is 1. The van der Waals surface area contributed by atoms with Gasteiger partial charge in [-0.25, -0.2) is 0 Å². The normalized spacial score (nSPS) is 13.0. The Kier molecular flexibility index (Phi) is 11.0. The van der Waals surface area contributed by atoms with Crippen LogP contribution in [0.4, 0.5) is 13.2 Å². The third-order valence-electron chi connectivity index (χ3n) is 3.90. The molecule has 2 rings (SSSR count). The van der Waals surface area contributed by atoms with Gasteiger partial charge in [-0.05, 0) is 37.1 Å². The summed E-state index contributed by atoms with van der Waals surface area (Å²) in [6.45, 7) is 3.39. The standard InChI is InChI=1S/C20H26F3N3OS.HI/c1-14(9-18-8-7-15(2)28-18)26-19(24-3)25-11-16-5-4-6-17(10-16)12-27-13-20(21,22)23;/h4-8,10,14H,9,11-13H2,1-3H3,(H2,24,25,26);1H. The summed E-state index contributed by atoms with van der Waals surface area (Å²) >= 11 is 1.79. The number of aliphatic imine (C=N–C) groups is 1. The van der Waals surface area contributed by atoms with Crippen LogP contribution < -0.4 is 10.6 Å². The number of aryl methyl sites for hydroxylation is 1. The Bertz CT molecular complexity index is 780. The molecule has 0 amide bonds. The Hall–Kier alpha value is -1.33. The molecule has 0 fully saturated rings. The summed E-state index contributed by atoms with van der Waals surface area (Å²) in [5, 5.41) is 6.59. The van der Waals surface area contributed by atoms with Gasteiger partial charge in [0.15, 0.2) is 5.96 Å². The first kappa shape index (κ1) is 25.7. The van der Waals surface area contributed by atoms with Crippen LogP contribution in [0.25, 0.3) is 0 Å². The Morgan fingerprint density at radius 2 is 1.93 bits per heavy atom. The highest BCUT2D eigenvalue weighted by molar-refractivity contribution is 14.0. The highest BCUT2D eigenvalue weighted by Crippen LogP contribution is 2.17. The van der Waals surface area contributed by atoms with E-state index in [1.54, 1.807) is 30.5 Å². The van der Waals surface area contributed by atoms with Gasteiger partial charge in [0.1, 0.15) is 6.61 Å². The minimum absolute atomic E-state index is 0. The van der Waals surface area contributed by atoms with Crippen molar-refractivity contribution in [3.05, 3.63) is 57.3 Å². The SMILES string of the molecule is CN=C(NCc1cccc(COCC(F)(F)F)c1)NC(C)Cc1ccc(C)s1.I.